The van der Waals surface area contributed by atoms with Crippen molar-refractivity contribution in [2.45, 2.75) is 26.3 Å². The highest BCUT2D eigenvalue weighted by molar-refractivity contribution is 5.77. The van der Waals surface area contributed by atoms with Crippen LogP contribution in [-0.2, 0) is 9.53 Å². The Balaban J connectivity index is 2.63. The van der Waals surface area contributed by atoms with Gasteiger partial charge >= 0.3 is 5.97 Å². The molecule has 98 valence electrons. The topological polar surface area (TPSA) is 38.3 Å². The van der Waals surface area contributed by atoms with Crippen LogP contribution in [0.15, 0.2) is 42.0 Å². The second-order valence-electron chi connectivity index (χ2n) is 4.39. The van der Waals surface area contributed by atoms with Crippen LogP contribution < -0.4 is 5.32 Å². The molecule has 0 unspecified atom stereocenters. The van der Waals surface area contributed by atoms with E-state index >= 15 is 0 Å². The fraction of sp³-hybridized carbons (Fsp3) is 0.400. The molecule has 0 fully saturated rings. The van der Waals surface area contributed by atoms with E-state index in [0.29, 0.717) is 0 Å². The van der Waals surface area contributed by atoms with Crippen LogP contribution in [0.5, 0.6) is 0 Å². The fourth-order valence-electron chi connectivity index (χ4n) is 1.69. The summed E-state index contributed by atoms with van der Waals surface area (Å²) in [5.41, 5.74) is 2.22. The number of carbonyl (C=O) groups excluding carboxylic acids is 1. The number of carbonyl (C=O) groups is 1. The van der Waals surface area contributed by atoms with Crippen molar-refractivity contribution in [3.05, 3.63) is 47.5 Å². The van der Waals surface area contributed by atoms with Crippen molar-refractivity contribution in [3.63, 3.8) is 0 Å². The van der Waals surface area contributed by atoms with Gasteiger partial charge in [-0.2, -0.15) is 0 Å². The van der Waals surface area contributed by atoms with E-state index in [2.05, 4.69) is 25.2 Å². The molecular weight excluding hydrogens is 226 g/mol. The summed E-state index contributed by atoms with van der Waals surface area (Å²) in [6.07, 6.45) is 3.05. The molecule has 0 aliphatic rings. The number of esters is 1. The standard InChI is InChI=1S/C15H21NO2/c1-12(2)8-7-11-16-14(15(17)18-3)13-9-5-4-6-10-13/h4-6,8-10,14,16H,7,11H2,1-3H3/t14-/m0/s1. The largest absolute Gasteiger partial charge is 0.468 e. The zero-order valence-corrected chi connectivity index (χ0v) is 11.3. The minimum Gasteiger partial charge on any atom is -0.468 e. The van der Waals surface area contributed by atoms with Gasteiger partial charge in [0, 0.05) is 0 Å². The average molecular weight is 247 g/mol. The summed E-state index contributed by atoms with van der Waals surface area (Å²) in [5.74, 6) is -0.251. The molecule has 0 aliphatic heterocycles. The second-order valence-corrected chi connectivity index (χ2v) is 4.39. The Bertz CT molecular complexity index is 394. The first-order chi connectivity index (χ1) is 8.65. The van der Waals surface area contributed by atoms with Crippen LogP contribution in [0.2, 0.25) is 0 Å². The van der Waals surface area contributed by atoms with Crippen molar-refractivity contribution in [1.29, 1.82) is 0 Å². The van der Waals surface area contributed by atoms with Gasteiger partial charge < -0.3 is 10.1 Å². The summed E-state index contributed by atoms with van der Waals surface area (Å²) in [5, 5.41) is 3.22. The molecule has 0 heterocycles. The van der Waals surface area contributed by atoms with Gasteiger partial charge in [0.25, 0.3) is 0 Å². The van der Waals surface area contributed by atoms with E-state index in [1.165, 1.54) is 12.7 Å². The highest BCUT2D eigenvalue weighted by atomic mass is 16.5. The molecule has 1 atom stereocenters. The van der Waals surface area contributed by atoms with Crippen molar-refractivity contribution >= 4 is 5.97 Å². The molecular formula is C15H21NO2. The molecule has 0 bridgehead atoms. The van der Waals surface area contributed by atoms with Gasteiger partial charge in [0.1, 0.15) is 6.04 Å². The molecule has 0 amide bonds. The summed E-state index contributed by atoms with van der Waals surface area (Å²) in [4.78, 5) is 11.7. The minimum absolute atomic E-state index is 0.251. The Morgan fingerprint density at radius 1 is 1.33 bits per heavy atom. The van der Waals surface area contributed by atoms with Crippen LogP contribution in [0.4, 0.5) is 0 Å². The third kappa shape index (κ3) is 4.72. The van der Waals surface area contributed by atoms with Crippen LogP contribution in [0.25, 0.3) is 0 Å². The number of nitrogens with one attached hydrogen (secondary N) is 1. The number of allylic oxidation sites excluding steroid dienone is 1. The summed E-state index contributed by atoms with van der Waals surface area (Å²) in [7, 11) is 1.41. The lowest BCUT2D eigenvalue weighted by molar-refractivity contribution is -0.143. The van der Waals surface area contributed by atoms with Crippen LogP contribution in [0.1, 0.15) is 31.9 Å². The van der Waals surface area contributed by atoms with Gasteiger partial charge in [-0.3, -0.25) is 0 Å². The average Bonchev–Trinajstić information content (AvgIpc) is 2.38. The third-order valence-corrected chi connectivity index (χ3v) is 2.62. The highest BCUT2D eigenvalue weighted by Gasteiger charge is 2.19. The molecule has 1 aromatic rings. The highest BCUT2D eigenvalue weighted by Crippen LogP contribution is 2.13. The number of methoxy groups -OCH3 is 1. The maximum atomic E-state index is 11.7. The van der Waals surface area contributed by atoms with Crippen LogP contribution in [0.3, 0.4) is 0 Å². The molecule has 1 aromatic carbocycles. The first-order valence-corrected chi connectivity index (χ1v) is 6.14. The third-order valence-electron chi connectivity index (χ3n) is 2.62. The van der Waals surface area contributed by atoms with Gasteiger partial charge in [-0.25, -0.2) is 4.79 Å². The van der Waals surface area contributed by atoms with E-state index in [1.807, 2.05) is 30.3 Å². The number of hydrogen-bond donors (Lipinski definition) is 1. The van der Waals surface area contributed by atoms with E-state index in [-0.39, 0.29) is 12.0 Å². The first-order valence-electron chi connectivity index (χ1n) is 6.14. The number of ether oxygens (including phenoxy) is 1. The van der Waals surface area contributed by atoms with Crippen molar-refractivity contribution < 1.29 is 9.53 Å². The summed E-state index contributed by atoms with van der Waals surface area (Å²) in [6.45, 7) is 4.88. The Labute approximate surface area is 109 Å². The van der Waals surface area contributed by atoms with Crippen LogP contribution >= 0.6 is 0 Å². The zero-order chi connectivity index (χ0) is 13.4. The zero-order valence-electron chi connectivity index (χ0n) is 11.3. The molecule has 0 spiro atoms. The molecule has 1 rings (SSSR count). The van der Waals surface area contributed by atoms with E-state index in [4.69, 9.17) is 4.74 Å². The Morgan fingerprint density at radius 3 is 2.56 bits per heavy atom. The molecule has 0 radical (unpaired) electrons. The van der Waals surface area contributed by atoms with E-state index in [9.17, 15) is 4.79 Å². The van der Waals surface area contributed by atoms with Crippen molar-refractivity contribution in [3.8, 4) is 0 Å². The molecule has 3 nitrogen and oxygen atoms in total. The maximum Gasteiger partial charge on any atom is 0.327 e. The number of hydrogen-bond acceptors (Lipinski definition) is 3. The van der Waals surface area contributed by atoms with E-state index in [0.717, 1.165) is 18.5 Å². The SMILES string of the molecule is COC(=O)[C@@H](NCCC=C(C)C)c1ccccc1. The quantitative estimate of drug-likeness (QED) is 0.477. The van der Waals surface area contributed by atoms with Gasteiger partial charge in [0.15, 0.2) is 0 Å². The molecule has 3 heteroatoms. The lowest BCUT2D eigenvalue weighted by atomic mass is 10.1. The summed E-state index contributed by atoms with van der Waals surface area (Å²) >= 11 is 0. The van der Waals surface area contributed by atoms with Gasteiger partial charge in [0.05, 0.1) is 7.11 Å². The fourth-order valence-corrected chi connectivity index (χ4v) is 1.69. The van der Waals surface area contributed by atoms with Crippen molar-refractivity contribution in [2.75, 3.05) is 13.7 Å². The first kappa shape index (κ1) is 14.5. The van der Waals surface area contributed by atoms with Crippen LogP contribution in [-0.4, -0.2) is 19.6 Å². The summed E-state index contributed by atoms with van der Waals surface area (Å²) in [6, 6.07) is 9.24. The molecule has 1 N–H and O–H groups in total. The molecule has 0 aromatic heterocycles. The van der Waals surface area contributed by atoms with E-state index in [1.54, 1.807) is 0 Å². The molecule has 0 aliphatic carbocycles. The predicted octanol–water partition coefficient (Wildman–Crippen LogP) is 2.85. The normalized spacial score (nSPS) is 11.7. The maximum absolute atomic E-state index is 11.7. The van der Waals surface area contributed by atoms with Gasteiger partial charge in [0.2, 0.25) is 0 Å². The Kier molecular flexibility index (Phi) is 6.15. The van der Waals surface area contributed by atoms with E-state index < -0.39 is 0 Å². The smallest absolute Gasteiger partial charge is 0.327 e. The van der Waals surface area contributed by atoms with Gasteiger partial charge in [-0.1, -0.05) is 42.0 Å². The van der Waals surface area contributed by atoms with Gasteiger partial charge in [-0.15, -0.1) is 0 Å². The van der Waals surface area contributed by atoms with Crippen LogP contribution in [0, 0.1) is 0 Å². The second kappa shape index (κ2) is 7.67. The minimum atomic E-state index is -0.387. The van der Waals surface area contributed by atoms with Crippen molar-refractivity contribution in [1.82, 2.24) is 5.32 Å². The number of benzene rings is 1. The van der Waals surface area contributed by atoms with Crippen molar-refractivity contribution in [2.24, 2.45) is 0 Å². The molecule has 0 saturated carbocycles. The molecule has 18 heavy (non-hydrogen) atoms. The molecule has 0 saturated heterocycles. The lowest BCUT2D eigenvalue weighted by Gasteiger charge is -2.16. The Morgan fingerprint density at radius 2 is 2.00 bits per heavy atom. The number of rotatable bonds is 6. The monoisotopic (exact) mass is 247 g/mol. The predicted molar refractivity (Wildman–Crippen MR) is 73.2 cm³/mol. The van der Waals surface area contributed by atoms with Gasteiger partial charge in [-0.05, 0) is 32.4 Å². The Hall–Kier alpha value is -1.61. The lowest BCUT2D eigenvalue weighted by Crippen LogP contribution is -2.30. The summed E-state index contributed by atoms with van der Waals surface area (Å²) < 4.78 is 4.83.